The molecule has 138 valence electrons. The maximum absolute atomic E-state index is 12.6. The minimum Gasteiger partial charge on any atom is -0.497 e. The van der Waals surface area contributed by atoms with E-state index in [9.17, 15) is 4.79 Å². The van der Waals surface area contributed by atoms with Crippen molar-refractivity contribution < 1.29 is 9.53 Å². The standard InChI is InChI=1S/C21H22N4O2/c1-14-7-9-16(10-8-14)13-22-21-23-15(2)11-19(25-21)20(26)24-17-5-4-6-18(12-17)27-3/h4-12H,13H2,1-3H3,(H,24,26)(H,22,23,25). The maximum Gasteiger partial charge on any atom is 0.274 e. The third kappa shape index (κ3) is 5.04. The summed E-state index contributed by atoms with van der Waals surface area (Å²) >= 11 is 0. The molecule has 1 heterocycles. The van der Waals surface area contributed by atoms with Crippen LogP contribution in [-0.2, 0) is 6.54 Å². The molecule has 0 unspecified atom stereocenters. The lowest BCUT2D eigenvalue weighted by atomic mass is 10.1. The molecule has 1 amide bonds. The van der Waals surface area contributed by atoms with Gasteiger partial charge < -0.3 is 15.4 Å². The van der Waals surface area contributed by atoms with E-state index in [0.29, 0.717) is 35.3 Å². The smallest absolute Gasteiger partial charge is 0.274 e. The molecule has 6 heteroatoms. The van der Waals surface area contributed by atoms with Gasteiger partial charge in [-0.25, -0.2) is 9.97 Å². The second-order valence-corrected chi connectivity index (χ2v) is 6.24. The fourth-order valence-corrected chi connectivity index (χ4v) is 2.55. The van der Waals surface area contributed by atoms with E-state index in [1.165, 1.54) is 5.56 Å². The summed E-state index contributed by atoms with van der Waals surface area (Å²) in [5.41, 5.74) is 3.99. The van der Waals surface area contributed by atoms with E-state index in [1.807, 2.05) is 26.0 Å². The minimum atomic E-state index is -0.299. The first-order valence-electron chi connectivity index (χ1n) is 8.64. The summed E-state index contributed by atoms with van der Waals surface area (Å²) in [5, 5.41) is 6.01. The van der Waals surface area contributed by atoms with Crippen LogP contribution in [0.3, 0.4) is 0 Å². The van der Waals surface area contributed by atoms with E-state index >= 15 is 0 Å². The molecule has 0 spiro atoms. The molecule has 0 fully saturated rings. The summed E-state index contributed by atoms with van der Waals surface area (Å²) in [7, 11) is 1.58. The van der Waals surface area contributed by atoms with Crippen LogP contribution in [0.2, 0.25) is 0 Å². The summed E-state index contributed by atoms with van der Waals surface area (Å²) in [6.45, 7) is 4.47. The Hall–Kier alpha value is -3.41. The second-order valence-electron chi connectivity index (χ2n) is 6.24. The average Bonchev–Trinajstić information content (AvgIpc) is 2.67. The molecule has 0 saturated carbocycles. The fraction of sp³-hybridized carbons (Fsp3) is 0.190. The number of rotatable bonds is 6. The Bertz CT molecular complexity index is 939. The molecule has 0 aliphatic rings. The number of carbonyl (C=O) groups is 1. The molecule has 27 heavy (non-hydrogen) atoms. The van der Waals surface area contributed by atoms with Crippen LogP contribution in [0.25, 0.3) is 0 Å². The lowest BCUT2D eigenvalue weighted by Crippen LogP contribution is -2.16. The average molecular weight is 362 g/mol. The quantitative estimate of drug-likeness (QED) is 0.694. The van der Waals surface area contributed by atoms with E-state index in [0.717, 1.165) is 5.56 Å². The molecule has 3 aromatic rings. The van der Waals surface area contributed by atoms with E-state index < -0.39 is 0 Å². The van der Waals surface area contributed by atoms with Crippen molar-refractivity contribution in [2.45, 2.75) is 20.4 Å². The van der Waals surface area contributed by atoms with Crippen molar-refractivity contribution >= 4 is 17.5 Å². The van der Waals surface area contributed by atoms with Crippen molar-refractivity contribution in [1.29, 1.82) is 0 Å². The van der Waals surface area contributed by atoms with Crippen LogP contribution >= 0.6 is 0 Å². The molecule has 0 atom stereocenters. The third-order valence-electron chi connectivity index (χ3n) is 3.99. The molecule has 3 rings (SSSR count). The number of ether oxygens (including phenoxy) is 1. The molecule has 0 bridgehead atoms. The summed E-state index contributed by atoms with van der Waals surface area (Å²) < 4.78 is 5.17. The van der Waals surface area contributed by atoms with Gasteiger partial charge in [-0.2, -0.15) is 0 Å². The maximum atomic E-state index is 12.6. The molecule has 2 aromatic carbocycles. The highest BCUT2D eigenvalue weighted by Crippen LogP contribution is 2.17. The molecule has 0 aliphatic carbocycles. The van der Waals surface area contributed by atoms with E-state index in [-0.39, 0.29) is 5.91 Å². The molecule has 0 aliphatic heterocycles. The number of hydrogen-bond acceptors (Lipinski definition) is 5. The van der Waals surface area contributed by atoms with E-state index in [4.69, 9.17) is 4.74 Å². The van der Waals surface area contributed by atoms with Crippen molar-refractivity contribution in [3.05, 3.63) is 77.1 Å². The van der Waals surface area contributed by atoms with Crippen LogP contribution in [0.4, 0.5) is 11.6 Å². The molecule has 1 aromatic heterocycles. The Morgan fingerprint density at radius 1 is 1.04 bits per heavy atom. The number of aryl methyl sites for hydroxylation is 2. The summed E-state index contributed by atoms with van der Waals surface area (Å²) in [4.78, 5) is 21.3. The van der Waals surface area contributed by atoms with Crippen molar-refractivity contribution in [3.63, 3.8) is 0 Å². The zero-order valence-corrected chi connectivity index (χ0v) is 15.6. The van der Waals surface area contributed by atoms with Gasteiger partial charge in [-0.1, -0.05) is 35.9 Å². The first-order valence-corrected chi connectivity index (χ1v) is 8.64. The van der Waals surface area contributed by atoms with Crippen molar-refractivity contribution in [2.24, 2.45) is 0 Å². The van der Waals surface area contributed by atoms with Gasteiger partial charge in [0.05, 0.1) is 7.11 Å². The number of methoxy groups -OCH3 is 1. The number of nitrogens with one attached hydrogen (secondary N) is 2. The topological polar surface area (TPSA) is 76.1 Å². The Morgan fingerprint density at radius 2 is 1.81 bits per heavy atom. The zero-order valence-electron chi connectivity index (χ0n) is 15.6. The SMILES string of the molecule is COc1cccc(NC(=O)c2cc(C)nc(NCc3ccc(C)cc3)n2)c1. The summed E-state index contributed by atoms with van der Waals surface area (Å²) in [6, 6.07) is 17.1. The normalized spacial score (nSPS) is 10.3. The van der Waals surface area contributed by atoms with E-state index in [1.54, 1.807) is 25.3 Å². The molecule has 0 radical (unpaired) electrons. The van der Waals surface area contributed by atoms with Crippen LogP contribution in [0.1, 0.15) is 27.3 Å². The van der Waals surface area contributed by atoms with Crippen LogP contribution in [-0.4, -0.2) is 23.0 Å². The first-order chi connectivity index (χ1) is 13.0. The van der Waals surface area contributed by atoms with Gasteiger partial charge in [0.1, 0.15) is 11.4 Å². The largest absolute Gasteiger partial charge is 0.497 e. The van der Waals surface area contributed by atoms with Crippen molar-refractivity contribution in [2.75, 3.05) is 17.7 Å². The first kappa shape index (κ1) is 18.4. The molecule has 2 N–H and O–H groups in total. The van der Waals surface area contributed by atoms with Crippen LogP contribution in [0.5, 0.6) is 5.75 Å². The molecule has 0 saturated heterocycles. The monoisotopic (exact) mass is 362 g/mol. The number of benzene rings is 2. The number of hydrogen-bond donors (Lipinski definition) is 2. The number of amides is 1. The summed E-state index contributed by atoms with van der Waals surface area (Å²) in [6.07, 6.45) is 0. The zero-order chi connectivity index (χ0) is 19.2. The molecular formula is C21H22N4O2. The van der Waals surface area contributed by atoms with Gasteiger partial charge in [0.2, 0.25) is 5.95 Å². The van der Waals surface area contributed by atoms with Crippen LogP contribution < -0.4 is 15.4 Å². The van der Waals surface area contributed by atoms with Gasteiger partial charge in [0.25, 0.3) is 5.91 Å². The Labute approximate surface area is 158 Å². The highest BCUT2D eigenvalue weighted by atomic mass is 16.5. The van der Waals surface area contributed by atoms with Gasteiger partial charge in [-0.3, -0.25) is 4.79 Å². The lowest BCUT2D eigenvalue weighted by molar-refractivity contribution is 0.102. The van der Waals surface area contributed by atoms with Gasteiger partial charge >= 0.3 is 0 Å². The third-order valence-corrected chi connectivity index (χ3v) is 3.99. The van der Waals surface area contributed by atoms with Crippen LogP contribution in [0, 0.1) is 13.8 Å². The van der Waals surface area contributed by atoms with Gasteiger partial charge in [0, 0.05) is 24.0 Å². The van der Waals surface area contributed by atoms with Crippen molar-refractivity contribution in [3.8, 4) is 5.75 Å². The van der Waals surface area contributed by atoms with Crippen LogP contribution in [0.15, 0.2) is 54.6 Å². The Balaban J connectivity index is 1.71. The number of anilines is 2. The number of nitrogens with zero attached hydrogens (tertiary/aromatic N) is 2. The van der Waals surface area contributed by atoms with E-state index in [2.05, 4.69) is 44.9 Å². The highest BCUT2D eigenvalue weighted by molar-refractivity contribution is 6.03. The van der Waals surface area contributed by atoms with Gasteiger partial charge in [-0.05, 0) is 37.6 Å². The summed E-state index contributed by atoms with van der Waals surface area (Å²) in [5.74, 6) is 0.797. The highest BCUT2D eigenvalue weighted by Gasteiger charge is 2.11. The molecular weight excluding hydrogens is 340 g/mol. The predicted molar refractivity (Wildman–Crippen MR) is 106 cm³/mol. The second kappa shape index (κ2) is 8.31. The lowest BCUT2D eigenvalue weighted by Gasteiger charge is -2.10. The fourth-order valence-electron chi connectivity index (χ4n) is 2.55. The van der Waals surface area contributed by atoms with Crippen molar-refractivity contribution in [1.82, 2.24) is 9.97 Å². The molecule has 6 nitrogen and oxygen atoms in total. The van der Waals surface area contributed by atoms with Gasteiger partial charge in [0.15, 0.2) is 0 Å². The predicted octanol–water partition coefficient (Wildman–Crippen LogP) is 3.97. The van der Waals surface area contributed by atoms with Gasteiger partial charge in [-0.15, -0.1) is 0 Å². The number of carbonyl (C=O) groups excluding carboxylic acids is 1. The Morgan fingerprint density at radius 3 is 2.56 bits per heavy atom. The minimum absolute atomic E-state index is 0.299. The number of aromatic nitrogens is 2. The Kier molecular flexibility index (Phi) is 5.66.